The van der Waals surface area contributed by atoms with Crippen LogP contribution in [-0.4, -0.2) is 56.7 Å². The fourth-order valence-corrected chi connectivity index (χ4v) is 6.19. The summed E-state index contributed by atoms with van der Waals surface area (Å²) in [7, 11) is 0. The van der Waals surface area contributed by atoms with Crippen molar-refractivity contribution in [2.45, 2.75) is 95.0 Å². The number of hydrogen-bond donors (Lipinski definition) is 1. The second kappa shape index (κ2) is 8.28. The molecule has 5 aliphatic rings. The lowest BCUT2D eigenvalue weighted by Crippen LogP contribution is -2.51. The van der Waals surface area contributed by atoms with Crippen molar-refractivity contribution < 1.29 is 32.5 Å². The molecule has 2 aromatic heterocycles. The molecule has 36 heavy (non-hydrogen) atoms. The van der Waals surface area contributed by atoms with E-state index in [2.05, 4.69) is 4.98 Å². The van der Waals surface area contributed by atoms with Crippen LogP contribution in [-0.2, 0) is 32.0 Å². The van der Waals surface area contributed by atoms with Gasteiger partial charge in [0.15, 0.2) is 12.1 Å². The second-order valence-corrected chi connectivity index (χ2v) is 11.2. The molecule has 1 saturated carbocycles. The van der Waals surface area contributed by atoms with Crippen LogP contribution in [0.3, 0.4) is 0 Å². The van der Waals surface area contributed by atoms with Gasteiger partial charge in [0, 0.05) is 12.0 Å². The molecule has 198 valence electrons. The van der Waals surface area contributed by atoms with Gasteiger partial charge in [-0.05, 0) is 64.9 Å². The van der Waals surface area contributed by atoms with Gasteiger partial charge >= 0.3 is 6.18 Å². The highest BCUT2D eigenvalue weighted by Crippen LogP contribution is 2.54. The van der Waals surface area contributed by atoms with Crippen LogP contribution in [0.4, 0.5) is 13.2 Å². The maximum atomic E-state index is 13.6. The molecule has 1 N–H and O–H groups in total. The lowest BCUT2D eigenvalue weighted by atomic mass is 9.65. The van der Waals surface area contributed by atoms with Gasteiger partial charge in [0.2, 0.25) is 5.60 Å². The van der Waals surface area contributed by atoms with Crippen molar-refractivity contribution in [3.05, 3.63) is 23.8 Å². The van der Waals surface area contributed by atoms with Crippen LogP contribution in [0.15, 0.2) is 12.3 Å². The minimum Gasteiger partial charge on any atom is -0.374 e. The highest BCUT2D eigenvalue weighted by molar-refractivity contribution is 5.58. The Morgan fingerprint density at radius 2 is 1.97 bits per heavy atom. The van der Waals surface area contributed by atoms with E-state index in [1.165, 1.54) is 10.8 Å². The molecule has 1 aliphatic carbocycles. The molecule has 3 atom stereocenters. The van der Waals surface area contributed by atoms with E-state index in [1.807, 2.05) is 17.7 Å². The molecule has 2 bridgehead atoms. The largest absolute Gasteiger partial charge is 0.424 e. The molecule has 0 radical (unpaired) electrons. The Hall–Kier alpha value is -1.95. The molecule has 4 aliphatic heterocycles. The number of fused-ring (bicyclic) bond motifs is 6. The first kappa shape index (κ1) is 24.4. The Morgan fingerprint density at radius 3 is 2.61 bits per heavy atom. The van der Waals surface area contributed by atoms with Gasteiger partial charge < -0.3 is 23.9 Å². The monoisotopic (exact) mass is 510 g/mol. The van der Waals surface area contributed by atoms with Crippen molar-refractivity contribution in [1.82, 2.24) is 19.3 Å². The Morgan fingerprint density at radius 1 is 1.19 bits per heavy atom. The van der Waals surface area contributed by atoms with Gasteiger partial charge in [0.1, 0.15) is 5.60 Å². The Labute approximate surface area is 207 Å². The fraction of sp³-hybridized carbons (Fsp3) is 0.760. The zero-order valence-corrected chi connectivity index (χ0v) is 20.7. The third-order valence-electron chi connectivity index (χ3n) is 8.66. The predicted molar refractivity (Wildman–Crippen MR) is 122 cm³/mol. The number of aromatic nitrogens is 4. The van der Waals surface area contributed by atoms with Crippen LogP contribution in [0, 0.1) is 5.41 Å². The molecular formula is C25H33F3N4O4. The maximum Gasteiger partial charge on any atom is 0.424 e. The minimum absolute atomic E-state index is 0.00682. The van der Waals surface area contributed by atoms with Crippen LogP contribution in [0.25, 0.3) is 11.4 Å². The smallest absolute Gasteiger partial charge is 0.374 e. The number of aliphatic hydroxyl groups is 1. The molecule has 8 nitrogen and oxygen atoms in total. The lowest BCUT2D eigenvalue weighted by Gasteiger charge is -2.52. The minimum atomic E-state index is -4.84. The van der Waals surface area contributed by atoms with Gasteiger partial charge in [0.25, 0.3) is 0 Å². The molecular weight excluding hydrogens is 477 g/mol. The van der Waals surface area contributed by atoms with Crippen molar-refractivity contribution >= 4 is 0 Å². The summed E-state index contributed by atoms with van der Waals surface area (Å²) in [4.78, 5) is 4.02. The van der Waals surface area contributed by atoms with E-state index in [0.717, 1.165) is 64.2 Å². The van der Waals surface area contributed by atoms with Gasteiger partial charge in [-0.2, -0.15) is 18.3 Å². The normalized spacial score (nSPS) is 33.7. The summed E-state index contributed by atoms with van der Waals surface area (Å²) in [5, 5.41) is 15.2. The quantitative estimate of drug-likeness (QED) is 0.641. The highest BCUT2D eigenvalue weighted by atomic mass is 19.4. The molecule has 0 amide bonds. The number of imidazole rings is 1. The zero-order chi connectivity index (χ0) is 25.3. The Bertz CT molecular complexity index is 1110. The molecule has 11 heteroatoms. The summed E-state index contributed by atoms with van der Waals surface area (Å²) >= 11 is 0. The first-order valence-electron chi connectivity index (χ1n) is 12.9. The third kappa shape index (κ3) is 3.73. The van der Waals surface area contributed by atoms with Crippen LogP contribution in [0.5, 0.6) is 0 Å². The first-order chi connectivity index (χ1) is 17.0. The van der Waals surface area contributed by atoms with E-state index in [4.69, 9.17) is 19.3 Å². The number of hydrogen-bond acceptors (Lipinski definition) is 6. The molecule has 7 rings (SSSR count). The van der Waals surface area contributed by atoms with E-state index in [-0.39, 0.29) is 17.7 Å². The summed E-state index contributed by atoms with van der Waals surface area (Å²) in [6.45, 7) is 4.93. The molecule has 3 saturated heterocycles. The van der Waals surface area contributed by atoms with Crippen molar-refractivity contribution in [3.8, 4) is 11.4 Å². The number of nitrogens with zero attached hydrogens (tertiary/aromatic N) is 4. The van der Waals surface area contributed by atoms with E-state index < -0.39 is 23.2 Å². The summed E-state index contributed by atoms with van der Waals surface area (Å²) in [5.41, 5.74) is -1.53. The average Bonchev–Trinajstić information content (AvgIpc) is 3.50. The van der Waals surface area contributed by atoms with Gasteiger partial charge in [-0.1, -0.05) is 0 Å². The van der Waals surface area contributed by atoms with Gasteiger partial charge in [-0.3, -0.25) is 4.68 Å². The van der Waals surface area contributed by atoms with Crippen molar-refractivity contribution in [2.75, 3.05) is 19.8 Å². The van der Waals surface area contributed by atoms with Crippen LogP contribution in [0.1, 0.15) is 76.4 Å². The molecule has 0 aromatic carbocycles. The summed E-state index contributed by atoms with van der Waals surface area (Å²) in [6, 6.07) is 1.57. The maximum absolute atomic E-state index is 13.6. The van der Waals surface area contributed by atoms with E-state index in [0.29, 0.717) is 31.1 Å². The Kier molecular flexibility index (Phi) is 5.61. The second-order valence-electron chi connectivity index (χ2n) is 11.2. The number of halogens is 3. The van der Waals surface area contributed by atoms with Crippen molar-refractivity contribution in [1.29, 1.82) is 0 Å². The van der Waals surface area contributed by atoms with Crippen LogP contribution < -0.4 is 0 Å². The SMILES string of the molecule is C[C@H]1Cn2nc(C34CCC(COC5CCCCO5)(CC3)CO4)cc2-c2cnc([C@@](C)(O)C(F)(F)F)n21. The average molecular weight is 511 g/mol. The lowest BCUT2D eigenvalue weighted by molar-refractivity contribution is -0.262. The van der Waals surface area contributed by atoms with Crippen molar-refractivity contribution in [3.63, 3.8) is 0 Å². The van der Waals surface area contributed by atoms with Crippen LogP contribution in [0.2, 0.25) is 0 Å². The Balaban J connectivity index is 1.23. The fourth-order valence-electron chi connectivity index (χ4n) is 6.19. The number of ether oxygens (including phenoxy) is 3. The molecule has 1 unspecified atom stereocenters. The molecule has 2 aromatic rings. The van der Waals surface area contributed by atoms with Crippen LogP contribution >= 0.6 is 0 Å². The van der Waals surface area contributed by atoms with E-state index in [1.54, 1.807) is 0 Å². The van der Waals surface area contributed by atoms with Crippen molar-refractivity contribution in [2.24, 2.45) is 5.41 Å². The van der Waals surface area contributed by atoms with Gasteiger partial charge in [-0.15, -0.1) is 0 Å². The van der Waals surface area contributed by atoms with Gasteiger partial charge in [-0.25, -0.2) is 4.98 Å². The van der Waals surface area contributed by atoms with E-state index >= 15 is 0 Å². The number of alkyl halides is 3. The molecule has 0 spiro atoms. The summed E-state index contributed by atoms with van der Waals surface area (Å²) < 4.78 is 62.4. The topological polar surface area (TPSA) is 83.6 Å². The first-order valence-corrected chi connectivity index (χ1v) is 12.9. The molecule has 6 heterocycles. The third-order valence-corrected chi connectivity index (χ3v) is 8.66. The summed E-state index contributed by atoms with van der Waals surface area (Å²) in [5.74, 6) is -0.400. The highest BCUT2D eigenvalue weighted by Gasteiger charge is 2.56. The summed E-state index contributed by atoms with van der Waals surface area (Å²) in [6.07, 6.45) is 3.19. The zero-order valence-electron chi connectivity index (χ0n) is 20.7. The van der Waals surface area contributed by atoms with Gasteiger partial charge in [0.05, 0.1) is 49.1 Å². The van der Waals surface area contributed by atoms with E-state index in [9.17, 15) is 18.3 Å². The molecule has 4 fully saturated rings. The predicted octanol–water partition coefficient (Wildman–Crippen LogP) is 4.42. The number of rotatable bonds is 5. The standard InChI is InChI=1S/C25H33F3N4O4/c1-16-13-31-17(18-12-29-21(32(16)18)22(2,33)25(26,27)28)11-19(30-31)24-8-6-23(7-9-24,15-36-24)14-35-20-5-3-4-10-34-20/h11-12,16,20,33H,3-10,13-15H2,1-2H3/t16-,20?,22+,23?,24?/m0/s1.